The van der Waals surface area contributed by atoms with Crippen molar-refractivity contribution in [2.75, 3.05) is 7.11 Å². The molecule has 1 aromatic carbocycles. The Morgan fingerprint density at radius 1 is 1.00 bits per heavy atom. The number of aromatic nitrogens is 2. The van der Waals surface area contributed by atoms with Crippen LogP contribution in [0, 0.1) is 20.8 Å². The summed E-state index contributed by atoms with van der Waals surface area (Å²) >= 11 is 0. The number of hydrogen-bond acceptors (Lipinski definition) is 3. The molecule has 0 saturated carbocycles. The van der Waals surface area contributed by atoms with Crippen LogP contribution >= 0.6 is 0 Å². The largest absolute Gasteiger partial charge is 0.497 e. The number of aryl methyl sites for hydroxylation is 2. The van der Waals surface area contributed by atoms with Crippen molar-refractivity contribution in [2.45, 2.75) is 48.5 Å². The van der Waals surface area contributed by atoms with E-state index in [-0.39, 0.29) is 0 Å². The van der Waals surface area contributed by atoms with Gasteiger partial charge in [-0.1, -0.05) is 36.4 Å². The van der Waals surface area contributed by atoms with E-state index < -0.39 is 0 Å². The summed E-state index contributed by atoms with van der Waals surface area (Å²) < 4.78 is 5.32. The first kappa shape index (κ1) is 22.4. The predicted molar refractivity (Wildman–Crippen MR) is 125 cm³/mol. The van der Waals surface area contributed by atoms with Gasteiger partial charge in [0.2, 0.25) is 0 Å². The highest BCUT2D eigenvalue weighted by atomic mass is 16.5. The van der Waals surface area contributed by atoms with Crippen LogP contribution in [0.1, 0.15) is 66.9 Å². The van der Waals surface area contributed by atoms with E-state index >= 15 is 0 Å². The normalized spacial score (nSPS) is 12.0. The van der Waals surface area contributed by atoms with Crippen molar-refractivity contribution in [2.24, 2.45) is 0 Å². The predicted octanol–water partition coefficient (Wildman–Crippen LogP) is 6.95. The number of methoxy groups -OCH3 is 1. The highest BCUT2D eigenvalue weighted by molar-refractivity contribution is 5.81. The molecule has 0 saturated heterocycles. The molecule has 0 atom stereocenters. The van der Waals surface area contributed by atoms with Gasteiger partial charge in [0.15, 0.2) is 0 Å². The Labute approximate surface area is 175 Å². The SMILES string of the molecule is C=C(OC)/C(C)=C(\C)c1c(C)ncnc1C=Cc1ccc(C)c(C=C(C)C)c1C. The molecule has 0 aliphatic carbocycles. The van der Waals surface area contributed by atoms with E-state index in [1.807, 2.05) is 13.8 Å². The smallest absolute Gasteiger partial charge is 0.116 e. The number of allylic oxidation sites excluding steroid dienone is 3. The molecule has 3 nitrogen and oxygen atoms in total. The average Bonchev–Trinajstić information content (AvgIpc) is 2.68. The lowest BCUT2D eigenvalue weighted by Gasteiger charge is -2.14. The second kappa shape index (κ2) is 9.51. The van der Waals surface area contributed by atoms with Crippen molar-refractivity contribution in [3.63, 3.8) is 0 Å². The zero-order valence-corrected chi connectivity index (χ0v) is 19.0. The van der Waals surface area contributed by atoms with Gasteiger partial charge in [-0.3, -0.25) is 0 Å². The van der Waals surface area contributed by atoms with Crippen molar-refractivity contribution in [3.8, 4) is 0 Å². The molecule has 3 heteroatoms. The molecular formula is C26H32N2O. The summed E-state index contributed by atoms with van der Waals surface area (Å²) in [5.74, 6) is 0.654. The Kier molecular flexibility index (Phi) is 7.33. The molecule has 0 N–H and O–H groups in total. The van der Waals surface area contributed by atoms with Gasteiger partial charge in [0, 0.05) is 11.3 Å². The Balaban J connectivity index is 2.57. The van der Waals surface area contributed by atoms with E-state index in [4.69, 9.17) is 4.74 Å². The van der Waals surface area contributed by atoms with Crippen molar-refractivity contribution in [3.05, 3.63) is 81.1 Å². The summed E-state index contributed by atoms with van der Waals surface area (Å²) in [5.41, 5.74) is 11.2. The number of hydrogen-bond donors (Lipinski definition) is 0. The van der Waals surface area contributed by atoms with Crippen LogP contribution in [0.3, 0.4) is 0 Å². The van der Waals surface area contributed by atoms with E-state index in [0.717, 1.165) is 28.1 Å². The van der Waals surface area contributed by atoms with Gasteiger partial charge in [-0.25, -0.2) is 9.97 Å². The first-order chi connectivity index (χ1) is 13.7. The van der Waals surface area contributed by atoms with Gasteiger partial charge >= 0.3 is 0 Å². The lowest BCUT2D eigenvalue weighted by Crippen LogP contribution is -2.00. The second-order valence-corrected chi connectivity index (χ2v) is 7.66. The lowest BCUT2D eigenvalue weighted by atomic mass is 9.95. The van der Waals surface area contributed by atoms with E-state index in [1.54, 1.807) is 13.4 Å². The van der Waals surface area contributed by atoms with Crippen LogP contribution in [-0.2, 0) is 4.74 Å². The molecule has 0 bridgehead atoms. The first-order valence-electron chi connectivity index (χ1n) is 9.83. The fraction of sp³-hybridized carbons (Fsp3) is 0.308. The van der Waals surface area contributed by atoms with Crippen LogP contribution in [0.15, 0.2) is 41.9 Å². The molecule has 0 unspecified atom stereocenters. The topological polar surface area (TPSA) is 35.0 Å². The standard InChI is InChI=1S/C26H32N2O/c1-16(2)14-24-17(3)10-11-23(20(24)6)12-13-25-26(21(7)27-15-28-25)19(5)18(4)22(8)29-9/h10-15H,8H2,1-7,9H3/b13-12?,19-18+. The molecule has 2 aromatic rings. The molecular weight excluding hydrogens is 356 g/mol. The van der Waals surface area contributed by atoms with Crippen molar-refractivity contribution < 1.29 is 4.74 Å². The average molecular weight is 389 g/mol. The minimum Gasteiger partial charge on any atom is -0.497 e. The zero-order valence-electron chi connectivity index (χ0n) is 19.0. The van der Waals surface area contributed by atoms with Crippen LogP contribution in [0.25, 0.3) is 23.8 Å². The third-order valence-corrected chi connectivity index (χ3v) is 5.30. The Morgan fingerprint density at radius 2 is 1.69 bits per heavy atom. The Bertz CT molecular complexity index is 1020. The number of benzene rings is 1. The van der Waals surface area contributed by atoms with Crippen LogP contribution in [0.4, 0.5) is 0 Å². The summed E-state index contributed by atoms with van der Waals surface area (Å²) in [6, 6.07) is 4.34. The fourth-order valence-electron chi connectivity index (χ4n) is 3.37. The summed E-state index contributed by atoms with van der Waals surface area (Å²) in [7, 11) is 1.64. The molecule has 2 rings (SSSR count). The van der Waals surface area contributed by atoms with Gasteiger partial charge in [-0.15, -0.1) is 0 Å². The highest BCUT2D eigenvalue weighted by Crippen LogP contribution is 2.28. The maximum absolute atomic E-state index is 5.32. The summed E-state index contributed by atoms with van der Waals surface area (Å²) in [5, 5.41) is 0. The monoisotopic (exact) mass is 388 g/mol. The number of rotatable bonds is 6. The summed E-state index contributed by atoms with van der Waals surface area (Å²) in [6.45, 7) is 18.6. The minimum absolute atomic E-state index is 0.654. The molecule has 0 spiro atoms. The fourth-order valence-corrected chi connectivity index (χ4v) is 3.37. The van der Waals surface area contributed by atoms with Crippen LogP contribution in [0.2, 0.25) is 0 Å². The molecule has 0 aliphatic rings. The molecule has 152 valence electrons. The van der Waals surface area contributed by atoms with Gasteiger partial charge in [0.1, 0.15) is 12.1 Å². The first-order valence-corrected chi connectivity index (χ1v) is 9.83. The molecule has 0 fully saturated rings. The van der Waals surface area contributed by atoms with Crippen molar-refractivity contribution in [1.82, 2.24) is 9.97 Å². The summed E-state index contributed by atoms with van der Waals surface area (Å²) in [6.07, 6.45) is 8.06. The van der Waals surface area contributed by atoms with Crippen molar-refractivity contribution in [1.29, 1.82) is 0 Å². The Morgan fingerprint density at radius 3 is 2.31 bits per heavy atom. The molecule has 0 radical (unpaired) electrons. The van der Waals surface area contributed by atoms with Gasteiger partial charge in [0.25, 0.3) is 0 Å². The molecule has 0 amide bonds. The van der Waals surface area contributed by atoms with Crippen LogP contribution in [-0.4, -0.2) is 17.1 Å². The third-order valence-electron chi connectivity index (χ3n) is 5.30. The van der Waals surface area contributed by atoms with E-state index in [1.165, 1.54) is 27.8 Å². The van der Waals surface area contributed by atoms with Crippen LogP contribution in [0.5, 0.6) is 0 Å². The van der Waals surface area contributed by atoms with Gasteiger partial charge in [-0.05, 0) is 87.9 Å². The van der Waals surface area contributed by atoms with Gasteiger partial charge in [-0.2, -0.15) is 0 Å². The van der Waals surface area contributed by atoms with E-state index in [9.17, 15) is 0 Å². The maximum atomic E-state index is 5.32. The van der Waals surface area contributed by atoms with Gasteiger partial charge < -0.3 is 4.74 Å². The van der Waals surface area contributed by atoms with Crippen LogP contribution < -0.4 is 0 Å². The summed E-state index contributed by atoms with van der Waals surface area (Å²) in [4.78, 5) is 8.95. The molecule has 1 heterocycles. The Hall–Kier alpha value is -2.94. The zero-order chi connectivity index (χ0) is 21.7. The number of nitrogens with zero attached hydrogens (tertiary/aromatic N) is 2. The maximum Gasteiger partial charge on any atom is 0.116 e. The number of ether oxygens (including phenoxy) is 1. The van der Waals surface area contributed by atoms with E-state index in [2.05, 4.69) is 81.5 Å². The second-order valence-electron chi connectivity index (χ2n) is 7.66. The van der Waals surface area contributed by atoms with Gasteiger partial charge in [0.05, 0.1) is 12.8 Å². The van der Waals surface area contributed by atoms with Crippen molar-refractivity contribution >= 4 is 23.8 Å². The third kappa shape index (κ3) is 5.11. The molecule has 29 heavy (non-hydrogen) atoms. The quantitative estimate of drug-likeness (QED) is 0.397. The highest BCUT2D eigenvalue weighted by Gasteiger charge is 2.13. The molecule has 0 aliphatic heterocycles. The molecule has 1 aromatic heterocycles. The minimum atomic E-state index is 0.654. The van der Waals surface area contributed by atoms with E-state index in [0.29, 0.717) is 5.76 Å². The lowest BCUT2D eigenvalue weighted by molar-refractivity contribution is 0.303.